The summed E-state index contributed by atoms with van der Waals surface area (Å²) in [6.45, 7) is -1.89. The fraction of sp³-hybridized carbons (Fsp3) is 0.600. The molecule has 0 rings (SSSR count). The Morgan fingerprint density at radius 2 is 1.62 bits per heavy atom. The van der Waals surface area contributed by atoms with Gasteiger partial charge in [0, 0.05) is 0 Å². The topological polar surface area (TPSA) is 9.23 Å². The average Bonchev–Trinajstić information content (AvgIpc) is 1.99. The summed E-state index contributed by atoms with van der Waals surface area (Å²) in [7, 11) is 0. The highest BCUT2D eigenvalue weighted by molar-refractivity contribution is 4.91. The Hall–Kier alpha value is -0.790. The summed E-state index contributed by atoms with van der Waals surface area (Å²) in [5.74, 6) is -2.31. The predicted octanol–water partition coefficient (Wildman–Crippen LogP) is 2.94. The maximum Gasteiger partial charge on any atom is 0.416 e. The molecule has 8 heteroatoms. The van der Waals surface area contributed by atoms with Gasteiger partial charge in [-0.05, 0) is 0 Å². The molecule has 0 unspecified atom stereocenters. The van der Waals surface area contributed by atoms with E-state index in [0.717, 1.165) is 0 Å². The molecule has 78 valence electrons. The van der Waals surface area contributed by atoms with Gasteiger partial charge in [0.25, 0.3) is 0 Å². The molecule has 0 aromatic carbocycles. The van der Waals surface area contributed by atoms with Gasteiger partial charge < -0.3 is 4.74 Å². The van der Waals surface area contributed by atoms with Gasteiger partial charge in [0.15, 0.2) is 5.83 Å². The van der Waals surface area contributed by atoms with Crippen LogP contribution < -0.4 is 0 Å². The molecule has 0 spiro atoms. The lowest BCUT2D eigenvalue weighted by atomic mass is 10.6. The molecule has 0 aliphatic carbocycles. The SMILES string of the molecule is FC(F)=C(F)COC(F)(F)C(F)F. The van der Waals surface area contributed by atoms with Crippen LogP contribution in [0.1, 0.15) is 0 Å². The van der Waals surface area contributed by atoms with E-state index >= 15 is 0 Å². The van der Waals surface area contributed by atoms with Crippen LogP contribution in [0.2, 0.25) is 0 Å². The normalized spacial score (nSPS) is 12.0. The number of halogens is 7. The van der Waals surface area contributed by atoms with E-state index in [1.807, 2.05) is 0 Å². The van der Waals surface area contributed by atoms with Crippen molar-refractivity contribution in [1.82, 2.24) is 0 Å². The van der Waals surface area contributed by atoms with E-state index in [1.165, 1.54) is 0 Å². The van der Waals surface area contributed by atoms with Crippen LogP contribution in [0.25, 0.3) is 0 Å². The monoisotopic (exact) mass is 212 g/mol. The van der Waals surface area contributed by atoms with Crippen molar-refractivity contribution < 1.29 is 35.5 Å². The maximum atomic E-state index is 11.8. The molecule has 0 aliphatic rings. The third-order valence-electron chi connectivity index (χ3n) is 0.850. The first-order valence-electron chi connectivity index (χ1n) is 2.77. The molecule has 0 amide bonds. The fourth-order valence-corrected chi connectivity index (χ4v) is 0.277. The Morgan fingerprint density at radius 3 is 1.92 bits per heavy atom. The molecule has 0 saturated carbocycles. The number of ether oxygens (including phenoxy) is 1. The van der Waals surface area contributed by atoms with Gasteiger partial charge in [-0.2, -0.15) is 17.6 Å². The summed E-state index contributed by atoms with van der Waals surface area (Å²) in [4.78, 5) is 0. The number of rotatable bonds is 4. The van der Waals surface area contributed by atoms with Crippen LogP contribution in [-0.2, 0) is 4.74 Å². The summed E-state index contributed by atoms with van der Waals surface area (Å²) < 4.78 is 83.1. The van der Waals surface area contributed by atoms with Crippen LogP contribution in [0.15, 0.2) is 11.9 Å². The molecule has 0 fully saturated rings. The quantitative estimate of drug-likeness (QED) is 0.651. The summed E-state index contributed by atoms with van der Waals surface area (Å²) >= 11 is 0. The highest BCUT2D eigenvalue weighted by Gasteiger charge is 2.42. The Labute approximate surface area is 67.8 Å². The lowest BCUT2D eigenvalue weighted by Gasteiger charge is -2.14. The molecular weight excluding hydrogens is 209 g/mol. The largest absolute Gasteiger partial charge is 0.416 e. The molecule has 0 radical (unpaired) electrons. The zero-order valence-corrected chi connectivity index (χ0v) is 5.84. The molecule has 0 bridgehead atoms. The molecule has 0 saturated heterocycles. The molecule has 0 heterocycles. The molecular formula is C5H3F7O. The Morgan fingerprint density at radius 1 is 1.15 bits per heavy atom. The molecule has 0 aromatic rings. The smallest absolute Gasteiger partial charge is 0.308 e. The van der Waals surface area contributed by atoms with Crippen LogP contribution in [0.5, 0.6) is 0 Å². The summed E-state index contributed by atoms with van der Waals surface area (Å²) in [6.07, 6.45) is -12.0. The van der Waals surface area contributed by atoms with Gasteiger partial charge in [0.05, 0.1) is 0 Å². The second-order valence-electron chi connectivity index (χ2n) is 1.82. The van der Waals surface area contributed by atoms with E-state index in [4.69, 9.17) is 0 Å². The maximum absolute atomic E-state index is 11.8. The average molecular weight is 212 g/mol. The zero-order valence-electron chi connectivity index (χ0n) is 5.84. The lowest BCUT2D eigenvalue weighted by molar-refractivity contribution is -0.297. The Bertz CT molecular complexity index is 195. The van der Waals surface area contributed by atoms with E-state index in [2.05, 4.69) is 4.74 Å². The molecule has 13 heavy (non-hydrogen) atoms. The highest BCUT2D eigenvalue weighted by Crippen LogP contribution is 2.25. The predicted molar refractivity (Wildman–Crippen MR) is 27.3 cm³/mol. The number of alkyl halides is 4. The van der Waals surface area contributed by atoms with Crippen LogP contribution >= 0.6 is 0 Å². The van der Waals surface area contributed by atoms with Crippen molar-refractivity contribution in [3.8, 4) is 0 Å². The van der Waals surface area contributed by atoms with Gasteiger partial charge in [-0.3, -0.25) is 0 Å². The molecule has 0 aromatic heterocycles. The summed E-state index contributed by atoms with van der Waals surface area (Å²) in [6, 6.07) is 0. The van der Waals surface area contributed by atoms with E-state index in [9.17, 15) is 30.7 Å². The fourth-order valence-electron chi connectivity index (χ4n) is 0.277. The van der Waals surface area contributed by atoms with Crippen molar-refractivity contribution >= 4 is 0 Å². The lowest BCUT2D eigenvalue weighted by Crippen LogP contribution is -2.30. The molecule has 1 nitrogen and oxygen atoms in total. The standard InChI is InChI=1S/C5H3F7O/c6-2(3(7)8)1-13-5(11,12)4(9)10/h4H,1H2. The minimum atomic E-state index is -4.92. The van der Waals surface area contributed by atoms with Crippen LogP contribution in [0.3, 0.4) is 0 Å². The molecule has 0 N–H and O–H groups in total. The van der Waals surface area contributed by atoms with Crippen LogP contribution in [0.4, 0.5) is 30.7 Å². The van der Waals surface area contributed by atoms with Gasteiger partial charge in [0.1, 0.15) is 6.61 Å². The van der Waals surface area contributed by atoms with Crippen molar-refractivity contribution in [1.29, 1.82) is 0 Å². The van der Waals surface area contributed by atoms with Crippen LogP contribution in [-0.4, -0.2) is 19.1 Å². The van der Waals surface area contributed by atoms with E-state index in [0.29, 0.717) is 0 Å². The van der Waals surface area contributed by atoms with Crippen molar-refractivity contribution in [2.24, 2.45) is 0 Å². The first kappa shape index (κ1) is 12.2. The molecule has 0 aliphatic heterocycles. The first-order valence-corrected chi connectivity index (χ1v) is 2.77. The van der Waals surface area contributed by atoms with Crippen molar-refractivity contribution in [2.45, 2.75) is 12.5 Å². The van der Waals surface area contributed by atoms with Gasteiger partial charge in [-0.15, -0.1) is 0 Å². The Kier molecular flexibility index (Phi) is 4.18. The Balaban J connectivity index is 4.11. The number of hydrogen-bond donors (Lipinski definition) is 0. The van der Waals surface area contributed by atoms with E-state index in [1.54, 1.807) is 0 Å². The summed E-state index contributed by atoms with van der Waals surface area (Å²) in [5, 5.41) is 0. The van der Waals surface area contributed by atoms with Crippen LogP contribution in [0, 0.1) is 0 Å². The second-order valence-corrected chi connectivity index (χ2v) is 1.82. The van der Waals surface area contributed by atoms with E-state index in [-0.39, 0.29) is 0 Å². The molecule has 0 atom stereocenters. The highest BCUT2D eigenvalue weighted by atomic mass is 19.3. The van der Waals surface area contributed by atoms with Gasteiger partial charge in [-0.25, -0.2) is 13.2 Å². The minimum absolute atomic E-state index is 1.89. The second kappa shape index (κ2) is 4.45. The van der Waals surface area contributed by atoms with Crippen molar-refractivity contribution in [3.05, 3.63) is 11.9 Å². The van der Waals surface area contributed by atoms with Gasteiger partial charge in [0.2, 0.25) is 0 Å². The zero-order chi connectivity index (χ0) is 10.6. The minimum Gasteiger partial charge on any atom is -0.308 e. The van der Waals surface area contributed by atoms with Gasteiger partial charge in [-0.1, -0.05) is 0 Å². The van der Waals surface area contributed by atoms with E-state index < -0.39 is 31.0 Å². The third kappa shape index (κ3) is 4.11. The first-order chi connectivity index (χ1) is 5.77. The summed E-state index contributed by atoms with van der Waals surface area (Å²) in [5.41, 5.74) is 0. The van der Waals surface area contributed by atoms with Crippen molar-refractivity contribution in [3.63, 3.8) is 0 Å². The number of hydrogen-bond acceptors (Lipinski definition) is 1. The van der Waals surface area contributed by atoms with Gasteiger partial charge >= 0.3 is 18.6 Å². The third-order valence-corrected chi connectivity index (χ3v) is 0.850. The van der Waals surface area contributed by atoms with Crippen molar-refractivity contribution in [2.75, 3.05) is 6.61 Å².